The van der Waals surface area contributed by atoms with Gasteiger partial charge in [0.05, 0.1) is 0 Å². The minimum Gasteiger partial charge on any atom is -0.369 e. The molecule has 6 heteroatoms. The molecule has 0 bridgehead atoms. The molecule has 132 valence electrons. The predicted molar refractivity (Wildman–Crippen MR) is 105 cm³/mol. The maximum Gasteiger partial charge on any atom is 0.255 e. The van der Waals surface area contributed by atoms with Crippen molar-refractivity contribution >= 4 is 40.5 Å². The zero-order valence-electron chi connectivity index (χ0n) is 14.4. The summed E-state index contributed by atoms with van der Waals surface area (Å²) < 4.78 is 0. The van der Waals surface area contributed by atoms with E-state index in [0.717, 1.165) is 37.4 Å². The molecular formula is C19H21Cl2N3O. The largest absolute Gasteiger partial charge is 0.369 e. The first kappa shape index (κ1) is 18.1. The maximum absolute atomic E-state index is 12.4. The molecule has 1 fully saturated rings. The van der Waals surface area contributed by atoms with Crippen molar-refractivity contribution in [3.05, 3.63) is 57.6 Å². The van der Waals surface area contributed by atoms with Gasteiger partial charge in [-0.1, -0.05) is 23.2 Å². The lowest BCUT2D eigenvalue weighted by Crippen LogP contribution is -2.44. The van der Waals surface area contributed by atoms with E-state index in [1.54, 1.807) is 18.2 Å². The standard InChI is InChI=1S/C19H21Cl2N3O/c1-13-9-17(24-7-5-23(2)6-8-24)3-4-18(13)22-19(25)14-10-15(20)12-16(21)11-14/h3-4,9-12H,5-8H2,1-2H3,(H,22,25). The van der Waals surface area contributed by atoms with Crippen molar-refractivity contribution < 1.29 is 4.79 Å². The molecule has 0 aliphatic carbocycles. The fourth-order valence-electron chi connectivity index (χ4n) is 2.93. The van der Waals surface area contributed by atoms with E-state index in [-0.39, 0.29) is 5.91 Å². The molecule has 0 saturated carbocycles. The molecule has 1 N–H and O–H groups in total. The number of halogens is 2. The Kier molecular flexibility index (Phi) is 5.52. The smallest absolute Gasteiger partial charge is 0.255 e. The monoisotopic (exact) mass is 377 g/mol. The van der Waals surface area contributed by atoms with Gasteiger partial charge in [0.1, 0.15) is 0 Å². The average Bonchev–Trinajstić information content (AvgIpc) is 2.56. The van der Waals surface area contributed by atoms with Crippen molar-refractivity contribution in [2.45, 2.75) is 6.92 Å². The van der Waals surface area contributed by atoms with Gasteiger partial charge in [-0.2, -0.15) is 0 Å². The van der Waals surface area contributed by atoms with Gasteiger partial charge in [0.2, 0.25) is 0 Å². The van der Waals surface area contributed by atoms with Gasteiger partial charge in [-0.05, 0) is 55.9 Å². The molecule has 2 aromatic carbocycles. The van der Waals surface area contributed by atoms with E-state index in [2.05, 4.69) is 34.3 Å². The Morgan fingerprint density at radius 1 is 1.00 bits per heavy atom. The van der Waals surface area contributed by atoms with E-state index in [4.69, 9.17) is 23.2 Å². The van der Waals surface area contributed by atoms with Gasteiger partial charge in [-0.25, -0.2) is 0 Å². The van der Waals surface area contributed by atoms with Crippen LogP contribution >= 0.6 is 23.2 Å². The lowest BCUT2D eigenvalue weighted by molar-refractivity contribution is 0.102. The molecule has 1 heterocycles. The van der Waals surface area contributed by atoms with Crippen molar-refractivity contribution in [3.63, 3.8) is 0 Å². The molecule has 0 aromatic heterocycles. The molecule has 2 aromatic rings. The van der Waals surface area contributed by atoms with Crippen LogP contribution in [0, 0.1) is 6.92 Å². The van der Waals surface area contributed by atoms with Crippen LogP contribution in [0.2, 0.25) is 10.0 Å². The number of rotatable bonds is 3. The normalized spacial score (nSPS) is 15.3. The summed E-state index contributed by atoms with van der Waals surface area (Å²) in [6.07, 6.45) is 0. The lowest BCUT2D eigenvalue weighted by Gasteiger charge is -2.34. The molecule has 1 aliphatic heterocycles. The highest BCUT2D eigenvalue weighted by Crippen LogP contribution is 2.25. The number of anilines is 2. The van der Waals surface area contributed by atoms with Crippen LogP contribution in [0.3, 0.4) is 0 Å². The number of hydrogen-bond acceptors (Lipinski definition) is 3. The molecule has 25 heavy (non-hydrogen) atoms. The van der Waals surface area contributed by atoms with Crippen LogP contribution in [-0.2, 0) is 0 Å². The maximum atomic E-state index is 12.4. The fourth-order valence-corrected chi connectivity index (χ4v) is 3.45. The van der Waals surface area contributed by atoms with Crippen LogP contribution in [0.1, 0.15) is 15.9 Å². The minimum absolute atomic E-state index is 0.222. The third kappa shape index (κ3) is 4.46. The van der Waals surface area contributed by atoms with E-state index in [0.29, 0.717) is 15.6 Å². The number of carbonyl (C=O) groups excluding carboxylic acids is 1. The zero-order chi connectivity index (χ0) is 18.0. The summed E-state index contributed by atoms with van der Waals surface area (Å²) >= 11 is 11.9. The van der Waals surface area contributed by atoms with E-state index < -0.39 is 0 Å². The van der Waals surface area contributed by atoms with Gasteiger partial charge in [0.25, 0.3) is 5.91 Å². The van der Waals surface area contributed by atoms with Gasteiger partial charge in [-0.15, -0.1) is 0 Å². The first-order valence-electron chi connectivity index (χ1n) is 8.24. The number of benzene rings is 2. The van der Waals surface area contributed by atoms with Crippen molar-refractivity contribution in [3.8, 4) is 0 Å². The number of amides is 1. The molecule has 0 atom stereocenters. The van der Waals surface area contributed by atoms with Crippen molar-refractivity contribution in [2.24, 2.45) is 0 Å². The van der Waals surface area contributed by atoms with Gasteiger partial charge in [-0.3, -0.25) is 4.79 Å². The summed E-state index contributed by atoms with van der Waals surface area (Å²) in [6.45, 7) is 6.16. The van der Waals surface area contributed by atoms with Gasteiger partial charge in [0, 0.05) is 53.2 Å². The fraction of sp³-hybridized carbons (Fsp3) is 0.316. The molecule has 0 radical (unpaired) electrons. The summed E-state index contributed by atoms with van der Waals surface area (Å²) in [5, 5.41) is 3.82. The first-order valence-corrected chi connectivity index (χ1v) is 8.99. The van der Waals surface area contributed by atoms with E-state index in [1.165, 1.54) is 5.69 Å². The molecule has 1 aliphatic rings. The van der Waals surface area contributed by atoms with Gasteiger partial charge < -0.3 is 15.1 Å². The van der Waals surface area contributed by atoms with Crippen molar-refractivity contribution in [1.82, 2.24) is 4.90 Å². The Hall–Kier alpha value is -1.75. The van der Waals surface area contributed by atoms with E-state index >= 15 is 0 Å². The summed E-state index contributed by atoms with van der Waals surface area (Å²) in [6, 6.07) is 10.9. The quantitative estimate of drug-likeness (QED) is 0.865. The number of nitrogens with zero attached hydrogens (tertiary/aromatic N) is 2. The van der Waals surface area contributed by atoms with Crippen molar-refractivity contribution in [1.29, 1.82) is 0 Å². The Morgan fingerprint density at radius 2 is 1.64 bits per heavy atom. The topological polar surface area (TPSA) is 35.6 Å². The zero-order valence-corrected chi connectivity index (χ0v) is 15.9. The molecule has 1 saturated heterocycles. The van der Waals surface area contributed by atoms with Crippen LogP contribution < -0.4 is 10.2 Å². The molecule has 1 amide bonds. The summed E-state index contributed by atoms with van der Waals surface area (Å²) in [5.41, 5.74) is 3.45. The van der Waals surface area contributed by atoms with Crippen LogP contribution in [0.5, 0.6) is 0 Å². The second kappa shape index (κ2) is 7.65. The molecule has 0 unspecified atom stereocenters. The van der Waals surface area contributed by atoms with Gasteiger partial charge >= 0.3 is 0 Å². The van der Waals surface area contributed by atoms with E-state index in [1.807, 2.05) is 13.0 Å². The summed E-state index contributed by atoms with van der Waals surface area (Å²) in [5.74, 6) is -0.222. The Balaban J connectivity index is 1.73. The first-order chi connectivity index (χ1) is 11.9. The molecule has 3 rings (SSSR count). The Labute approximate surface area is 158 Å². The number of nitrogens with one attached hydrogen (secondary N) is 1. The number of aryl methyl sites for hydroxylation is 1. The van der Waals surface area contributed by atoms with Gasteiger partial charge in [0.15, 0.2) is 0 Å². The third-order valence-corrected chi connectivity index (χ3v) is 4.89. The van der Waals surface area contributed by atoms with E-state index in [9.17, 15) is 4.79 Å². The predicted octanol–water partition coefficient (Wildman–Crippen LogP) is 4.31. The lowest BCUT2D eigenvalue weighted by atomic mass is 10.1. The third-order valence-electron chi connectivity index (χ3n) is 4.45. The van der Waals surface area contributed by atoms with Crippen LogP contribution in [-0.4, -0.2) is 44.0 Å². The Morgan fingerprint density at radius 3 is 2.24 bits per heavy atom. The average molecular weight is 378 g/mol. The molecule has 0 spiro atoms. The number of piperazine rings is 1. The SMILES string of the molecule is Cc1cc(N2CCN(C)CC2)ccc1NC(=O)c1cc(Cl)cc(Cl)c1. The highest BCUT2D eigenvalue weighted by Gasteiger charge is 2.15. The summed E-state index contributed by atoms with van der Waals surface area (Å²) in [4.78, 5) is 17.1. The Bertz CT molecular complexity index is 766. The number of carbonyl (C=O) groups is 1. The van der Waals surface area contributed by atoms with Crippen LogP contribution in [0.15, 0.2) is 36.4 Å². The number of likely N-dealkylation sites (N-methyl/N-ethyl adjacent to an activating group) is 1. The summed E-state index contributed by atoms with van der Waals surface area (Å²) in [7, 11) is 2.14. The minimum atomic E-state index is -0.222. The number of hydrogen-bond donors (Lipinski definition) is 1. The second-order valence-electron chi connectivity index (χ2n) is 6.40. The molecular weight excluding hydrogens is 357 g/mol. The highest BCUT2D eigenvalue weighted by atomic mass is 35.5. The van der Waals surface area contributed by atoms with Crippen LogP contribution in [0.4, 0.5) is 11.4 Å². The second-order valence-corrected chi connectivity index (χ2v) is 7.27. The highest BCUT2D eigenvalue weighted by molar-refractivity contribution is 6.35. The molecule has 4 nitrogen and oxygen atoms in total. The van der Waals surface area contributed by atoms with Crippen LogP contribution in [0.25, 0.3) is 0 Å². The van der Waals surface area contributed by atoms with Crippen molar-refractivity contribution in [2.75, 3.05) is 43.4 Å².